The first kappa shape index (κ1) is 17.6. The molecule has 1 fully saturated rings. The molecule has 1 aliphatic heterocycles. The molecular weight excluding hydrogens is 364 g/mol. The number of imidazole rings is 1. The van der Waals surface area contributed by atoms with Gasteiger partial charge in [0.05, 0.1) is 24.6 Å². The smallest absolute Gasteiger partial charge is 0.161 e. The molecule has 0 atom stereocenters. The summed E-state index contributed by atoms with van der Waals surface area (Å²) in [6.07, 6.45) is 7.45. The SMILES string of the molecule is Cc1ncc(-c2ccc(Nc3ccc(N4CCOCC4)cc3)c3nccn23)cn1. The van der Waals surface area contributed by atoms with E-state index >= 15 is 0 Å². The van der Waals surface area contributed by atoms with Crippen molar-refractivity contribution in [3.8, 4) is 11.3 Å². The van der Waals surface area contributed by atoms with Crippen molar-refractivity contribution in [2.45, 2.75) is 6.92 Å². The number of fused-ring (bicyclic) bond motifs is 1. The molecule has 0 radical (unpaired) electrons. The lowest BCUT2D eigenvalue weighted by Gasteiger charge is -2.29. The number of nitrogens with zero attached hydrogens (tertiary/aromatic N) is 5. The summed E-state index contributed by atoms with van der Waals surface area (Å²) in [5.41, 5.74) is 6.02. The molecule has 1 N–H and O–H groups in total. The lowest BCUT2D eigenvalue weighted by molar-refractivity contribution is 0.122. The summed E-state index contributed by atoms with van der Waals surface area (Å²) in [6.45, 7) is 5.33. The van der Waals surface area contributed by atoms with Crippen LogP contribution in [0, 0.1) is 6.92 Å². The first-order valence-electron chi connectivity index (χ1n) is 9.73. The van der Waals surface area contributed by atoms with Crippen LogP contribution < -0.4 is 10.2 Å². The fraction of sp³-hybridized carbons (Fsp3) is 0.227. The largest absolute Gasteiger partial charge is 0.378 e. The Balaban J connectivity index is 1.42. The zero-order valence-corrected chi connectivity index (χ0v) is 16.2. The van der Waals surface area contributed by atoms with Crippen molar-refractivity contribution in [1.82, 2.24) is 19.4 Å². The van der Waals surface area contributed by atoms with Crippen LogP contribution in [0.15, 0.2) is 61.2 Å². The van der Waals surface area contributed by atoms with Crippen molar-refractivity contribution in [3.05, 3.63) is 67.0 Å². The molecular formula is C22H22N6O. The summed E-state index contributed by atoms with van der Waals surface area (Å²) in [5.74, 6) is 0.759. The lowest BCUT2D eigenvalue weighted by atomic mass is 10.2. The zero-order valence-electron chi connectivity index (χ0n) is 16.2. The predicted octanol–water partition coefficient (Wildman–Crippen LogP) is 3.68. The van der Waals surface area contributed by atoms with Gasteiger partial charge in [-0.15, -0.1) is 0 Å². The van der Waals surface area contributed by atoms with Crippen molar-refractivity contribution < 1.29 is 4.74 Å². The van der Waals surface area contributed by atoms with Gasteiger partial charge in [0.15, 0.2) is 5.65 Å². The second-order valence-corrected chi connectivity index (χ2v) is 7.04. The number of anilines is 3. The van der Waals surface area contributed by atoms with E-state index in [-0.39, 0.29) is 0 Å². The van der Waals surface area contributed by atoms with Gasteiger partial charge in [-0.3, -0.25) is 4.40 Å². The number of benzene rings is 1. The van der Waals surface area contributed by atoms with E-state index in [4.69, 9.17) is 4.74 Å². The molecule has 1 saturated heterocycles. The van der Waals surface area contributed by atoms with Crippen LogP contribution in [-0.2, 0) is 4.74 Å². The molecule has 0 aliphatic carbocycles. The average Bonchev–Trinajstić information content (AvgIpc) is 3.26. The Morgan fingerprint density at radius 3 is 2.45 bits per heavy atom. The van der Waals surface area contributed by atoms with Crippen LogP contribution in [0.2, 0.25) is 0 Å². The van der Waals surface area contributed by atoms with Gasteiger partial charge in [-0.05, 0) is 43.3 Å². The highest BCUT2D eigenvalue weighted by molar-refractivity contribution is 5.78. The third kappa shape index (κ3) is 3.52. The van der Waals surface area contributed by atoms with Gasteiger partial charge in [-0.2, -0.15) is 0 Å². The van der Waals surface area contributed by atoms with Crippen molar-refractivity contribution in [2.24, 2.45) is 0 Å². The molecule has 3 aromatic heterocycles. The summed E-state index contributed by atoms with van der Waals surface area (Å²) in [6, 6.07) is 12.6. The van der Waals surface area contributed by atoms with Crippen LogP contribution in [-0.4, -0.2) is 45.7 Å². The predicted molar refractivity (Wildman–Crippen MR) is 114 cm³/mol. The van der Waals surface area contributed by atoms with Crippen LogP contribution in [0.4, 0.5) is 17.1 Å². The molecule has 7 heteroatoms. The maximum Gasteiger partial charge on any atom is 0.161 e. The monoisotopic (exact) mass is 386 g/mol. The number of rotatable bonds is 4. The third-order valence-corrected chi connectivity index (χ3v) is 5.15. The van der Waals surface area contributed by atoms with Crippen LogP contribution >= 0.6 is 0 Å². The van der Waals surface area contributed by atoms with Crippen molar-refractivity contribution in [3.63, 3.8) is 0 Å². The molecule has 0 amide bonds. The topological polar surface area (TPSA) is 67.6 Å². The van der Waals surface area contributed by atoms with E-state index in [1.54, 1.807) is 6.20 Å². The summed E-state index contributed by atoms with van der Waals surface area (Å²) in [7, 11) is 0. The highest BCUT2D eigenvalue weighted by Crippen LogP contribution is 2.28. The average molecular weight is 386 g/mol. The molecule has 29 heavy (non-hydrogen) atoms. The van der Waals surface area contributed by atoms with Crippen LogP contribution in [0.3, 0.4) is 0 Å². The summed E-state index contributed by atoms with van der Waals surface area (Å²) in [5, 5.41) is 3.49. The van der Waals surface area contributed by atoms with Gasteiger partial charge in [-0.1, -0.05) is 0 Å². The third-order valence-electron chi connectivity index (χ3n) is 5.15. The Morgan fingerprint density at radius 2 is 1.69 bits per heavy atom. The standard InChI is InChI=1S/C22H22N6O/c1-16-24-14-17(15-25-16)21-7-6-20(22-23-8-9-28(21)22)26-18-2-4-19(5-3-18)27-10-12-29-13-11-27/h2-9,14-15,26H,10-13H2,1H3. The van der Waals surface area contributed by atoms with Gasteiger partial charge in [-0.25, -0.2) is 15.0 Å². The van der Waals surface area contributed by atoms with Crippen LogP contribution in [0.1, 0.15) is 5.82 Å². The van der Waals surface area contributed by atoms with Crippen molar-refractivity contribution in [2.75, 3.05) is 36.5 Å². The summed E-state index contributed by atoms with van der Waals surface area (Å²) in [4.78, 5) is 15.5. The highest BCUT2D eigenvalue weighted by atomic mass is 16.5. The summed E-state index contributed by atoms with van der Waals surface area (Å²) < 4.78 is 7.49. The molecule has 4 aromatic rings. The van der Waals surface area contributed by atoms with E-state index in [1.165, 1.54) is 5.69 Å². The number of aryl methyl sites for hydroxylation is 1. The van der Waals surface area contributed by atoms with Gasteiger partial charge in [0, 0.05) is 54.8 Å². The fourth-order valence-electron chi connectivity index (χ4n) is 3.60. The Bertz CT molecular complexity index is 1110. The van der Waals surface area contributed by atoms with Gasteiger partial charge in [0.25, 0.3) is 0 Å². The van der Waals surface area contributed by atoms with E-state index in [0.717, 1.165) is 60.4 Å². The van der Waals surface area contributed by atoms with E-state index in [9.17, 15) is 0 Å². The van der Waals surface area contributed by atoms with Gasteiger partial charge >= 0.3 is 0 Å². The number of ether oxygens (including phenoxy) is 1. The van der Waals surface area contributed by atoms with Crippen LogP contribution in [0.5, 0.6) is 0 Å². The molecule has 146 valence electrons. The minimum Gasteiger partial charge on any atom is -0.378 e. The van der Waals surface area contributed by atoms with Crippen molar-refractivity contribution >= 4 is 22.7 Å². The normalized spacial score (nSPS) is 14.3. The minimum absolute atomic E-state index is 0.759. The van der Waals surface area contributed by atoms with Crippen LogP contribution in [0.25, 0.3) is 16.9 Å². The first-order chi connectivity index (χ1) is 14.3. The molecule has 0 spiro atoms. The highest BCUT2D eigenvalue weighted by Gasteiger charge is 2.12. The second-order valence-electron chi connectivity index (χ2n) is 7.04. The number of aromatic nitrogens is 4. The maximum absolute atomic E-state index is 5.43. The molecule has 7 nitrogen and oxygen atoms in total. The second kappa shape index (κ2) is 7.52. The number of nitrogens with one attached hydrogen (secondary N) is 1. The Hall–Kier alpha value is -3.45. The molecule has 1 aliphatic rings. The quantitative estimate of drug-likeness (QED) is 0.577. The molecule has 5 rings (SSSR count). The number of hydrogen-bond acceptors (Lipinski definition) is 6. The molecule has 1 aromatic carbocycles. The lowest BCUT2D eigenvalue weighted by Crippen LogP contribution is -2.36. The molecule has 0 saturated carbocycles. The van der Waals surface area contributed by atoms with E-state index < -0.39 is 0 Å². The van der Waals surface area contributed by atoms with Gasteiger partial charge < -0.3 is 15.0 Å². The number of hydrogen-bond donors (Lipinski definition) is 1. The Labute approximate surface area is 169 Å². The maximum atomic E-state index is 5.43. The fourth-order valence-corrected chi connectivity index (χ4v) is 3.60. The van der Waals surface area contributed by atoms with E-state index in [1.807, 2.05) is 31.6 Å². The Morgan fingerprint density at radius 1 is 0.931 bits per heavy atom. The molecule has 4 heterocycles. The molecule has 0 bridgehead atoms. The van der Waals surface area contributed by atoms with Gasteiger partial charge in [0.1, 0.15) is 5.82 Å². The Kier molecular flexibility index (Phi) is 4.57. The number of pyridine rings is 1. The van der Waals surface area contributed by atoms with Gasteiger partial charge in [0.2, 0.25) is 0 Å². The summed E-state index contributed by atoms with van der Waals surface area (Å²) >= 11 is 0. The number of morpholine rings is 1. The molecule has 0 unspecified atom stereocenters. The van der Waals surface area contributed by atoms with Crippen molar-refractivity contribution in [1.29, 1.82) is 0 Å². The minimum atomic E-state index is 0.759. The zero-order chi connectivity index (χ0) is 19.6. The van der Waals surface area contributed by atoms with E-state index in [0.29, 0.717) is 0 Å². The van der Waals surface area contributed by atoms with E-state index in [2.05, 4.69) is 59.9 Å². The first-order valence-corrected chi connectivity index (χ1v) is 9.73.